The highest BCUT2D eigenvalue weighted by Gasteiger charge is 2.23. The highest BCUT2D eigenvalue weighted by Crippen LogP contribution is 2.22. The van der Waals surface area contributed by atoms with E-state index in [1.807, 2.05) is 17.5 Å². The van der Waals surface area contributed by atoms with Crippen LogP contribution >= 0.6 is 11.3 Å². The summed E-state index contributed by atoms with van der Waals surface area (Å²) >= 11 is 1.63. The number of thiophene rings is 1. The van der Waals surface area contributed by atoms with Gasteiger partial charge in [-0.3, -0.25) is 0 Å². The van der Waals surface area contributed by atoms with Crippen LogP contribution in [0.2, 0.25) is 0 Å². The molecule has 1 aromatic rings. The van der Waals surface area contributed by atoms with Gasteiger partial charge < -0.3 is 10.1 Å². The van der Waals surface area contributed by atoms with Crippen molar-refractivity contribution in [3.8, 4) is 0 Å². The van der Waals surface area contributed by atoms with Crippen molar-refractivity contribution < 1.29 is 9.53 Å². The van der Waals surface area contributed by atoms with E-state index in [2.05, 4.69) is 5.32 Å². The van der Waals surface area contributed by atoms with Gasteiger partial charge >= 0.3 is 6.09 Å². The van der Waals surface area contributed by atoms with Gasteiger partial charge in [-0.15, -0.1) is 11.3 Å². The lowest BCUT2D eigenvalue weighted by Crippen LogP contribution is -2.17. The number of ether oxygens (including phenoxy) is 1. The molecule has 1 saturated heterocycles. The molecule has 2 rings (SSSR count). The minimum atomic E-state index is -0.316. The molecular weight excluding hydrogens is 162 g/mol. The molecule has 1 aliphatic heterocycles. The molecule has 1 aliphatic rings. The molecule has 0 spiro atoms. The first-order chi connectivity index (χ1) is 5.36. The van der Waals surface area contributed by atoms with Crippen LogP contribution in [0.5, 0.6) is 0 Å². The molecule has 1 N–H and O–H groups in total. The third kappa shape index (κ3) is 1.21. The fourth-order valence-electron chi connectivity index (χ4n) is 1.03. The molecule has 4 heteroatoms. The van der Waals surface area contributed by atoms with Crippen molar-refractivity contribution >= 4 is 17.4 Å². The molecule has 0 aromatic carbocycles. The molecule has 58 valence electrons. The Hall–Kier alpha value is -1.03. The van der Waals surface area contributed by atoms with Crippen molar-refractivity contribution in [3.63, 3.8) is 0 Å². The number of carbonyl (C=O) groups excluding carboxylic acids is 1. The van der Waals surface area contributed by atoms with Gasteiger partial charge in [0.25, 0.3) is 0 Å². The zero-order chi connectivity index (χ0) is 7.68. The lowest BCUT2D eigenvalue weighted by Gasteiger charge is -2.01. The van der Waals surface area contributed by atoms with E-state index in [0.29, 0.717) is 6.61 Å². The van der Waals surface area contributed by atoms with Gasteiger partial charge in [-0.2, -0.15) is 0 Å². The van der Waals surface area contributed by atoms with Crippen molar-refractivity contribution in [2.24, 2.45) is 0 Å². The number of hydrogen-bond donors (Lipinski definition) is 1. The lowest BCUT2D eigenvalue weighted by atomic mass is 10.3. The van der Waals surface area contributed by atoms with Gasteiger partial charge in [-0.1, -0.05) is 6.07 Å². The number of nitrogens with one attached hydrogen (secondary N) is 1. The van der Waals surface area contributed by atoms with Crippen molar-refractivity contribution in [2.45, 2.75) is 6.04 Å². The summed E-state index contributed by atoms with van der Waals surface area (Å²) in [4.78, 5) is 11.8. The molecular formula is C7H7NO2S. The third-order valence-electron chi connectivity index (χ3n) is 1.56. The Morgan fingerprint density at radius 3 is 3.18 bits per heavy atom. The monoisotopic (exact) mass is 169 g/mol. The van der Waals surface area contributed by atoms with Gasteiger partial charge in [-0.25, -0.2) is 4.79 Å². The van der Waals surface area contributed by atoms with Crippen molar-refractivity contribution in [1.82, 2.24) is 5.32 Å². The van der Waals surface area contributed by atoms with Crippen LogP contribution in [0.15, 0.2) is 17.5 Å². The smallest absolute Gasteiger partial charge is 0.407 e. The summed E-state index contributed by atoms with van der Waals surface area (Å²) in [7, 11) is 0. The largest absolute Gasteiger partial charge is 0.447 e. The molecule has 2 heterocycles. The van der Waals surface area contributed by atoms with Crippen molar-refractivity contribution in [3.05, 3.63) is 22.4 Å². The number of rotatable bonds is 1. The molecule has 11 heavy (non-hydrogen) atoms. The molecule has 0 radical (unpaired) electrons. The molecule has 1 aromatic heterocycles. The van der Waals surface area contributed by atoms with Gasteiger partial charge in [0, 0.05) is 4.88 Å². The summed E-state index contributed by atoms with van der Waals surface area (Å²) in [6, 6.07) is 4.02. The SMILES string of the molecule is O=C1NC(c2cccs2)CO1. The van der Waals surface area contributed by atoms with E-state index in [4.69, 9.17) is 4.74 Å². The molecule has 3 nitrogen and oxygen atoms in total. The van der Waals surface area contributed by atoms with Crippen LogP contribution in [0.25, 0.3) is 0 Å². The van der Waals surface area contributed by atoms with Gasteiger partial charge in [-0.05, 0) is 11.4 Å². The van der Waals surface area contributed by atoms with E-state index < -0.39 is 0 Å². The summed E-state index contributed by atoms with van der Waals surface area (Å²) in [5.41, 5.74) is 0. The Morgan fingerprint density at radius 1 is 1.73 bits per heavy atom. The average Bonchev–Trinajstić information content (AvgIpc) is 2.55. The summed E-state index contributed by atoms with van der Waals surface area (Å²) in [6.07, 6.45) is -0.316. The van der Waals surface area contributed by atoms with E-state index >= 15 is 0 Å². The normalized spacial score (nSPS) is 22.9. The second-order valence-electron chi connectivity index (χ2n) is 2.31. The van der Waals surface area contributed by atoms with Crippen LogP contribution in [0.4, 0.5) is 4.79 Å². The van der Waals surface area contributed by atoms with Crippen LogP contribution in [-0.2, 0) is 4.74 Å². The first-order valence-corrected chi connectivity index (χ1v) is 4.21. The molecule has 0 bridgehead atoms. The van der Waals surface area contributed by atoms with E-state index in [1.165, 1.54) is 0 Å². The van der Waals surface area contributed by atoms with E-state index in [1.54, 1.807) is 11.3 Å². The highest BCUT2D eigenvalue weighted by atomic mass is 32.1. The minimum Gasteiger partial charge on any atom is -0.447 e. The van der Waals surface area contributed by atoms with E-state index in [-0.39, 0.29) is 12.1 Å². The Morgan fingerprint density at radius 2 is 2.64 bits per heavy atom. The topological polar surface area (TPSA) is 38.3 Å². The second kappa shape index (κ2) is 2.54. The van der Waals surface area contributed by atoms with Crippen LogP contribution in [0, 0.1) is 0 Å². The predicted octanol–water partition coefficient (Wildman–Crippen LogP) is 1.53. The number of alkyl carbamates (subject to hydrolysis) is 1. The maximum Gasteiger partial charge on any atom is 0.407 e. The molecule has 0 aliphatic carbocycles. The summed E-state index contributed by atoms with van der Waals surface area (Å²) in [5.74, 6) is 0. The van der Waals surface area contributed by atoms with Gasteiger partial charge in [0.2, 0.25) is 0 Å². The van der Waals surface area contributed by atoms with E-state index in [0.717, 1.165) is 4.88 Å². The Balaban J connectivity index is 2.13. The maximum absolute atomic E-state index is 10.6. The minimum absolute atomic E-state index is 0.0718. The first-order valence-electron chi connectivity index (χ1n) is 3.33. The number of hydrogen-bond acceptors (Lipinski definition) is 3. The maximum atomic E-state index is 10.6. The highest BCUT2D eigenvalue weighted by molar-refractivity contribution is 7.10. The third-order valence-corrected chi connectivity index (χ3v) is 2.55. The van der Waals surface area contributed by atoms with Crippen molar-refractivity contribution in [1.29, 1.82) is 0 Å². The summed E-state index contributed by atoms with van der Waals surface area (Å²) in [6.45, 7) is 0.458. The number of amides is 1. The predicted molar refractivity (Wildman–Crippen MR) is 41.5 cm³/mol. The first kappa shape index (κ1) is 6.67. The Bertz CT molecular complexity index is 257. The Labute approximate surface area is 68.0 Å². The molecule has 0 saturated carbocycles. The number of carbonyl (C=O) groups is 1. The zero-order valence-corrected chi connectivity index (χ0v) is 6.56. The van der Waals surface area contributed by atoms with Gasteiger partial charge in [0.05, 0.1) is 0 Å². The van der Waals surface area contributed by atoms with Crippen LogP contribution < -0.4 is 5.32 Å². The fourth-order valence-corrected chi connectivity index (χ4v) is 1.79. The standard InChI is InChI=1S/C7H7NO2S/c9-7-8-5(4-10-7)6-2-1-3-11-6/h1-3,5H,4H2,(H,8,9). The van der Waals surface area contributed by atoms with Crippen LogP contribution in [0.1, 0.15) is 10.9 Å². The quantitative estimate of drug-likeness (QED) is 0.692. The molecule has 1 amide bonds. The Kier molecular flexibility index (Phi) is 1.54. The van der Waals surface area contributed by atoms with Gasteiger partial charge in [0.15, 0.2) is 0 Å². The lowest BCUT2D eigenvalue weighted by molar-refractivity contribution is 0.177. The van der Waals surface area contributed by atoms with Gasteiger partial charge in [0.1, 0.15) is 12.6 Å². The van der Waals surface area contributed by atoms with E-state index in [9.17, 15) is 4.79 Å². The van der Waals surface area contributed by atoms with Crippen LogP contribution in [-0.4, -0.2) is 12.7 Å². The molecule has 1 atom stereocenters. The van der Waals surface area contributed by atoms with Crippen molar-refractivity contribution in [2.75, 3.05) is 6.61 Å². The second-order valence-corrected chi connectivity index (χ2v) is 3.29. The average molecular weight is 169 g/mol. The number of cyclic esters (lactones) is 1. The fraction of sp³-hybridized carbons (Fsp3) is 0.286. The molecule has 1 unspecified atom stereocenters. The zero-order valence-electron chi connectivity index (χ0n) is 5.74. The van der Waals surface area contributed by atoms with Crippen LogP contribution in [0.3, 0.4) is 0 Å². The summed E-state index contributed by atoms with van der Waals surface area (Å²) in [5, 5.41) is 4.69. The summed E-state index contributed by atoms with van der Waals surface area (Å²) < 4.78 is 4.75. The molecule has 1 fully saturated rings.